The third-order valence-corrected chi connectivity index (χ3v) is 4.62. The standard InChI is InChI=1S/C22H24N4O3/c27-20(17-9-5-2-6-10-17)26-19-12-11-18(15-24-19)25-22(29)21(28)23-14-13-16-7-3-1-4-8-16/h2,5-7,9-12,15H,1,3-4,8,13-14H2,(H,23,28)(H,25,29)(H,24,26,27). The van der Waals surface area contributed by atoms with Crippen LogP contribution >= 0.6 is 0 Å². The van der Waals surface area contributed by atoms with Crippen molar-refractivity contribution in [1.82, 2.24) is 10.3 Å². The zero-order valence-corrected chi connectivity index (χ0v) is 16.1. The van der Waals surface area contributed by atoms with Gasteiger partial charge in [-0.2, -0.15) is 0 Å². The highest BCUT2D eigenvalue weighted by atomic mass is 16.2. The first-order chi connectivity index (χ1) is 14.1. The van der Waals surface area contributed by atoms with Gasteiger partial charge in [-0.05, 0) is 56.4 Å². The molecular weight excluding hydrogens is 368 g/mol. The zero-order valence-electron chi connectivity index (χ0n) is 16.1. The van der Waals surface area contributed by atoms with Gasteiger partial charge in [0.25, 0.3) is 5.91 Å². The molecule has 0 bridgehead atoms. The quantitative estimate of drug-likeness (QED) is 0.519. The first-order valence-electron chi connectivity index (χ1n) is 9.71. The van der Waals surface area contributed by atoms with E-state index in [2.05, 4.69) is 27.0 Å². The minimum absolute atomic E-state index is 0.276. The maximum absolute atomic E-state index is 12.1. The van der Waals surface area contributed by atoms with Crippen molar-refractivity contribution in [2.24, 2.45) is 0 Å². The molecule has 0 saturated carbocycles. The number of amides is 3. The second-order valence-corrected chi connectivity index (χ2v) is 6.82. The van der Waals surface area contributed by atoms with Crippen LogP contribution in [0.2, 0.25) is 0 Å². The van der Waals surface area contributed by atoms with Crippen LogP contribution in [0.3, 0.4) is 0 Å². The summed E-state index contributed by atoms with van der Waals surface area (Å²) in [4.78, 5) is 40.1. The van der Waals surface area contributed by atoms with Crippen molar-refractivity contribution in [2.45, 2.75) is 32.1 Å². The summed E-state index contributed by atoms with van der Waals surface area (Å²) in [5, 5.41) is 7.81. The number of pyridine rings is 1. The Labute approximate surface area is 169 Å². The van der Waals surface area contributed by atoms with Gasteiger partial charge in [-0.15, -0.1) is 0 Å². The molecule has 0 fully saturated rings. The summed E-state index contributed by atoms with van der Waals surface area (Å²) in [5.74, 6) is -1.35. The van der Waals surface area contributed by atoms with Crippen LogP contribution in [-0.2, 0) is 9.59 Å². The lowest BCUT2D eigenvalue weighted by molar-refractivity contribution is -0.136. The van der Waals surface area contributed by atoms with E-state index in [-0.39, 0.29) is 5.91 Å². The molecule has 3 rings (SSSR count). The number of anilines is 2. The van der Waals surface area contributed by atoms with E-state index in [4.69, 9.17) is 0 Å². The lowest BCUT2D eigenvalue weighted by atomic mass is 9.97. The smallest absolute Gasteiger partial charge is 0.313 e. The van der Waals surface area contributed by atoms with E-state index < -0.39 is 11.8 Å². The molecule has 3 amide bonds. The summed E-state index contributed by atoms with van der Waals surface area (Å²) >= 11 is 0. The predicted molar refractivity (Wildman–Crippen MR) is 111 cm³/mol. The summed E-state index contributed by atoms with van der Waals surface area (Å²) in [7, 11) is 0. The lowest BCUT2D eigenvalue weighted by Crippen LogP contribution is -2.36. The highest BCUT2D eigenvalue weighted by Gasteiger charge is 2.14. The molecule has 0 spiro atoms. The molecule has 7 nitrogen and oxygen atoms in total. The SMILES string of the molecule is O=C(NCCC1=CCCCC1)C(=O)Nc1ccc(NC(=O)c2ccccc2)nc1. The van der Waals surface area contributed by atoms with Crippen LogP contribution in [0.5, 0.6) is 0 Å². The van der Waals surface area contributed by atoms with E-state index in [1.54, 1.807) is 36.4 Å². The minimum atomic E-state index is -0.745. The Morgan fingerprint density at radius 1 is 0.931 bits per heavy atom. The Bertz CT molecular complexity index is 892. The van der Waals surface area contributed by atoms with Crippen LogP contribution in [-0.4, -0.2) is 29.3 Å². The Morgan fingerprint density at radius 2 is 1.76 bits per heavy atom. The molecule has 0 unspecified atom stereocenters. The Kier molecular flexibility index (Phi) is 7.10. The average Bonchev–Trinajstić information content (AvgIpc) is 2.76. The number of carbonyl (C=O) groups is 3. The highest BCUT2D eigenvalue weighted by molar-refractivity contribution is 6.39. The van der Waals surface area contributed by atoms with Crippen molar-refractivity contribution in [3.8, 4) is 0 Å². The van der Waals surface area contributed by atoms with Gasteiger partial charge >= 0.3 is 11.8 Å². The number of benzene rings is 1. The lowest BCUT2D eigenvalue weighted by Gasteiger charge is -2.13. The van der Waals surface area contributed by atoms with E-state index in [1.807, 2.05) is 6.07 Å². The van der Waals surface area contributed by atoms with E-state index in [0.717, 1.165) is 19.3 Å². The highest BCUT2D eigenvalue weighted by Crippen LogP contribution is 2.19. The Balaban J connectivity index is 1.44. The van der Waals surface area contributed by atoms with Gasteiger partial charge in [-0.3, -0.25) is 14.4 Å². The van der Waals surface area contributed by atoms with Crippen LogP contribution in [0.4, 0.5) is 11.5 Å². The second kappa shape index (κ2) is 10.2. The molecular formula is C22H24N4O3. The number of hydrogen-bond donors (Lipinski definition) is 3. The number of nitrogens with one attached hydrogen (secondary N) is 3. The van der Waals surface area contributed by atoms with Crippen LogP contribution in [0, 0.1) is 0 Å². The number of allylic oxidation sites excluding steroid dienone is 1. The molecule has 7 heteroatoms. The molecule has 0 atom stereocenters. The van der Waals surface area contributed by atoms with Crippen LogP contribution in [0.25, 0.3) is 0 Å². The maximum atomic E-state index is 12.1. The van der Waals surface area contributed by atoms with Crippen LogP contribution < -0.4 is 16.0 Å². The van der Waals surface area contributed by atoms with E-state index >= 15 is 0 Å². The van der Waals surface area contributed by atoms with E-state index in [0.29, 0.717) is 23.6 Å². The van der Waals surface area contributed by atoms with Crippen molar-refractivity contribution in [3.63, 3.8) is 0 Å². The van der Waals surface area contributed by atoms with Crippen molar-refractivity contribution in [3.05, 3.63) is 65.9 Å². The van der Waals surface area contributed by atoms with Gasteiger partial charge in [0.15, 0.2) is 0 Å². The second-order valence-electron chi connectivity index (χ2n) is 6.82. The molecule has 1 aliphatic rings. The first-order valence-corrected chi connectivity index (χ1v) is 9.71. The fraction of sp³-hybridized carbons (Fsp3) is 0.273. The van der Waals surface area contributed by atoms with E-state index in [1.165, 1.54) is 24.6 Å². The fourth-order valence-electron chi connectivity index (χ4n) is 3.06. The molecule has 29 heavy (non-hydrogen) atoms. The molecule has 3 N–H and O–H groups in total. The largest absolute Gasteiger partial charge is 0.348 e. The number of aromatic nitrogens is 1. The predicted octanol–water partition coefficient (Wildman–Crippen LogP) is 3.28. The molecule has 2 aromatic rings. The van der Waals surface area contributed by atoms with E-state index in [9.17, 15) is 14.4 Å². The van der Waals surface area contributed by atoms with Gasteiger partial charge in [-0.1, -0.05) is 29.8 Å². The number of rotatable bonds is 6. The molecule has 1 aromatic carbocycles. The molecule has 1 aliphatic carbocycles. The van der Waals surface area contributed by atoms with Gasteiger partial charge in [0.1, 0.15) is 5.82 Å². The number of nitrogens with zero attached hydrogens (tertiary/aromatic N) is 1. The summed E-state index contributed by atoms with van der Waals surface area (Å²) in [6, 6.07) is 11.9. The average molecular weight is 392 g/mol. The van der Waals surface area contributed by atoms with Crippen LogP contribution in [0.15, 0.2) is 60.3 Å². The van der Waals surface area contributed by atoms with Gasteiger partial charge in [0, 0.05) is 12.1 Å². The molecule has 1 heterocycles. The summed E-state index contributed by atoms with van der Waals surface area (Å²) < 4.78 is 0. The minimum Gasteiger partial charge on any atom is -0.348 e. The van der Waals surface area contributed by atoms with Gasteiger partial charge < -0.3 is 16.0 Å². The van der Waals surface area contributed by atoms with Crippen molar-refractivity contribution in [2.75, 3.05) is 17.2 Å². The van der Waals surface area contributed by atoms with Crippen molar-refractivity contribution >= 4 is 29.2 Å². The normalized spacial score (nSPS) is 13.2. The Hall–Kier alpha value is -3.48. The first kappa shape index (κ1) is 20.3. The van der Waals surface area contributed by atoms with Crippen molar-refractivity contribution < 1.29 is 14.4 Å². The summed E-state index contributed by atoms with van der Waals surface area (Å²) in [6.07, 6.45) is 8.96. The third kappa shape index (κ3) is 6.27. The molecule has 0 aliphatic heterocycles. The van der Waals surface area contributed by atoms with Gasteiger partial charge in [0.05, 0.1) is 11.9 Å². The Morgan fingerprint density at radius 3 is 2.45 bits per heavy atom. The van der Waals surface area contributed by atoms with Crippen LogP contribution in [0.1, 0.15) is 42.5 Å². The topological polar surface area (TPSA) is 100 Å². The monoisotopic (exact) mass is 392 g/mol. The summed E-state index contributed by atoms with van der Waals surface area (Å²) in [5.41, 5.74) is 2.24. The van der Waals surface area contributed by atoms with Crippen molar-refractivity contribution in [1.29, 1.82) is 0 Å². The molecule has 1 aromatic heterocycles. The van der Waals surface area contributed by atoms with Gasteiger partial charge in [-0.25, -0.2) is 4.98 Å². The molecule has 0 radical (unpaired) electrons. The summed E-state index contributed by atoms with van der Waals surface area (Å²) in [6.45, 7) is 0.445. The molecule has 0 saturated heterocycles. The number of carbonyl (C=O) groups excluding carboxylic acids is 3. The molecule has 150 valence electrons. The van der Waals surface area contributed by atoms with Gasteiger partial charge in [0.2, 0.25) is 0 Å². The maximum Gasteiger partial charge on any atom is 0.313 e. The number of hydrogen-bond acceptors (Lipinski definition) is 4. The third-order valence-electron chi connectivity index (χ3n) is 4.62. The fourth-order valence-corrected chi connectivity index (χ4v) is 3.06. The zero-order chi connectivity index (χ0) is 20.5.